The molecule has 2 aliphatic rings. The fourth-order valence-electron chi connectivity index (χ4n) is 4.49. The summed E-state index contributed by atoms with van der Waals surface area (Å²) in [6.45, 7) is 9.46. The Bertz CT molecular complexity index is 613. The average molecular weight is 376 g/mol. The van der Waals surface area contributed by atoms with Crippen molar-refractivity contribution in [3.8, 4) is 0 Å². The molecular formula is C22H34FN3O. The molecule has 150 valence electrons. The van der Waals surface area contributed by atoms with Gasteiger partial charge in [0, 0.05) is 25.2 Å². The monoisotopic (exact) mass is 375 g/mol. The fourth-order valence-corrected chi connectivity index (χ4v) is 4.49. The SMILES string of the molecule is CC(C)N1CCC(N2CCCC(C(=O)NCCc3cccc(F)c3)C2)CC1. The first kappa shape index (κ1) is 20.3. The lowest BCUT2D eigenvalue weighted by molar-refractivity contribution is -0.127. The number of amides is 1. The number of carbonyl (C=O) groups is 1. The summed E-state index contributed by atoms with van der Waals surface area (Å²) < 4.78 is 13.2. The van der Waals surface area contributed by atoms with Crippen LogP contribution in [0.15, 0.2) is 24.3 Å². The van der Waals surface area contributed by atoms with Gasteiger partial charge < -0.3 is 10.2 Å². The van der Waals surface area contributed by atoms with Gasteiger partial charge in [0.1, 0.15) is 5.82 Å². The number of rotatable bonds is 6. The molecule has 0 radical (unpaired) electrons. The first-order valence-electron chi connectivity index (χ1n) is 10.5. The zero-order chi connectivity index (χ0) is 19.2. The van der Waals surface area contributed by atoms with E-state index in [-0.39, 0.29) is 17.6 Å². The number of carbonyl (C=O) groups excluding carboxylic acids is 1. The lowest BCUT2D eigenvalue weighted by Gasteiger charge is -2.43. The second-order valence-electron chi connectivity index (χ2n) is 8.37. The van der Waals surface area contributed by atoms with Gasteiger partial charge in [-0.2, -0.15) is 0 Å². The minimum atomic E-state index is -0.217. The molecule has 1 atom stereocenters. The molecule has 1 unspecified atom stereocenters. The molecule has 2 saturated heterocycles. The van der Waals surface area contributed by atoms with Crippen LogP contribution in [0.4, 0.5) is 4.39 Å². The van der Waals surface area contributed by atoms with Gasteiger partial charge in [-0.05, 0) is 83.3 Å². The van der Waals surface area contributed by atoms with E-state index in [2.05, 4.69) is 29.0 Å². The highest BCUT2D eigenvalue weighted by molar-refractivity contribution is 5.79. The largest absolute Gasteiger partial charge is 0.355 e. The Labute approximate surface area is 163 Å². The maximum atomic E-state index is 13.2. The van der Waals surface area contributed by atoms with E-state index in [1.165, 1.54) is 38.1 Å². The van der Waals surface area contributed by atoms with Gasteiger partial charge in [0.2, 0.25) is 5.91 Å². The standard InChI is InChI=1S/C22H34FN3O/c1-17(2)25-13-9-21(10-14-25)26-12-4-6-19(16-26)22(27)24-11-8-18-5-3-7-20(23)15-18/h3,5,7,15,17,19,21H,4,6,8-14,16H2,1-2H3,(H,24,27). The van der Waals surface area contributed by atoms with Crippen molar-refractivity contribution in [2.45, 2.75) is 58.0 Å². The third-order valence-electron chi connectivity index (χ3n) is 6.17. The van der Waals surface area contributed by atoms with Gasteiger partial charge in [0.05, 0.1) is 5.92 Å². The predicted octanol–water partition coefficient (Wildman–Crippen LogP) is 3.07. The lowest BCUT2D eigenvalue weighted by Crippen LogP contribution is -2.51. The van der Waals surface area contributed by atoms with Crippen molar-refractivity contribution in [1.29, 1.82) is 0 Å². The average Bonchev–Trinajstić information content (AvgIpc) is 2.68. The Hall–Kier alpha value is -1.46. The number of benzene rings is 1. The van der Waals surface area contributed by atoms with Crippen LogP contribution in [-0.4, -0.2) is 60.5 Å². The predicted molar refractivity (Wildman–Crippen MR) is 107 cm³/mol. The van der Waals surface area contributed by atoms with Gasteiger partial charge in [-0.15, -0.1) is 0 Å². The molecule has 1 aromatic carbocycles. The maximum absolute atomic E-state index is 13.2. The Morgan fingerprint density at radius 2 is 2.00 bits per heavy atom. The Morgan fingerprint density at radius 1 is 1.22 bits per heavy atom. The van der Waals surface area contributed by atoms with Crippen molar-refractivity contribution in [2.24, 2.45) is 5.92 Å². The van der Waals surface area contributed by atoms with Gasteiger partial charge in [-0.25, -0.2) is 4.39 Å². The highest BCUT2D eigenvalue weighted by Crippen LogP contribution is 2.24. The smallest absolute Gasteiger partial charge is 0.224 e. The third-order valence-corrected chi connectivity index (χ3v) is 6.17. The molecule has 2 heterocycles. The second-order valence-corrected chi connectivity index (χ2v) is 8.37. The minimum absolute atomic E-state index is 0.0920. The number of likely N-dealkylation sites (tertiary alicyclic amines) is 2. The zero-order valence-electron chi connectivity index (χ0n) is 16.8. The van der Waals surface area contributed by atoms with Gasteiger partial charge in [0.25, 0.3) is 0 Å². The Morgan fingerprint density at radius 3 is 2.70 bits per heavy atom. The number of nitrogens with zero attached hydrogens (tertiary/aromatic N) is 2. The molecule has 1 N–H and O–H groups in total. The molecule has 2 fully saturated rings. The number of hydrogen-bond donors (Lipinski definition) is 1. The molecular weight excluding hydrogens is 341 g/mol. The van der Waals surface area contributed by atoms with Crippen LogP contribution in [0.25, 0.3) is 0 Å². The van der Waals surface area contributed by atoms with E-state index >= 15 is 0 Å². The van der Waals surface area contributed by atoms with Crippen molar-refractivity contribution in [2.75, 3.05) is 32.7 Å². The van der Waals surface area contributed by atoms with Crippen molar-refractivity contribution >= 4 is 5.91 Å². The van der Waals surface area contributed by atoms with Crippen LogP contribution in [0, 0.1) is 11.7 Å². The van der Waals surface area contributed by atoms with Crippen LogP contribution in [-0.2, 0) is 11.2 Å². The van der Waals surface area contributed by atoms with E-state index in [4.69, 9.17) is 0 Å². The molecule has 0 aromatic heterocycles. The Kier molecular flexibility index (Phi) is 7.25. The summed E-state index contributed by atoms with van der Waals surface area (Å²) in [4.78, 5) is 17.7. The summed E-state index contributed by atoms with van der Waals surface area (Å²) in [6, 6.07) is 7.87. The molecule has 0 saturated carbocycles. The van der Waals surface area contributed by atoms with Crippen molar-refractivity contribution < 1.29 is 9.18 Å². The van der Waals surface area contributed by atoms with Crippen LogP contribution in [0.1, 0.15) is 45.1 Å². The summed E-state index contributed by atoms with van der Waals surface area (Å²) >= 11 is 0. The van der Waals surface area contributed by atoms with Crippen LogP contribution in [0.2, 0.25) is 0 Å². The number of hydrogen-bond acceptors (Lipinski definition) is 3. The topological polar surface area (TPSA) is 35.6 Å². The van der Waals surface area contributed by atoms with Gasteiger partial charge in [-0.3, -0.25) is 9.69 Å². The van der Waals surface area contributed by atoms with Gasteiger partial charge in [0.15, 0.2) is 0 Å². The van der Waals surface area contributed by atoms with Crippen molar-refractivity contribution in [3.05, 3.63) is 35.6 Å². The minimum Gasteiger partial charge on any atom is -0.355 e. The van der Waals surface area contributed by atoms with E-state index in [0.717, 1.165) is 31.5 Å². The molecule has 1 amide bonds. The number of nitrogens with one attached hydrogen (secondary N) is 1. The third kappa shape index (κ3) is 5.76. The van der Waals surface area contributed by atoms with Crippen molar-refractivity contribution in [3.63, 3.8) is 0 Å². The molecule has 4 nitrogen and oxygen atoms in total. The van der Waals surface area contributed by atoms with Gasteiger partial charge in [-0.1, -0.05) is 12.1 Å². The summed E-state index contributed by atoms with van der Waals surface area (Å²) in [5.41, 5.74) is 0.928. The first-order chi connectivity index (χ1) is 13.0. The first-order valence-corrected chi connectivity index (χ1v) is 10.5. The van der Waals surface area contributed by atoms with Gasteiger partial charge >= 0.3 is 0 Å². The fraction of sp³-hybridized carbons (Fsp3) is 0.682. The molecule has 5 heteroatoms. The molecule has 0 bridgehead atoms. The van der Waals surface area contributed by atoms with Crippen LogP contribution in [0.3, 0.4) is 0 Å². The molecule has 3 rings (SSSR count). The summed E-state index contributed by atoms with van der Waals surface area (Å²) in [7, 11) is 0. The lowest BCUT2D eigenvalue weighted by atomic mass is 9.93. The van der Waals surface area contributed by atoms with Crippen LogP contribution >= 0.6 is 0 Å². The number of halogens is 1. The molecule has 2 aliphatic heterocycles. The van der Waals surface area contributed by atoms with Crippen molar-refractivity contribution in [1.82, 2.24) is 15.1 Å². The summed E-state index contributed by atoms with van der Waals surface area (Å²) in [5.74, 6) is 0.0374. The molecule has 0 spiro atoms. The second kappa shape index (κ2) is 9.65. The quantitative estimate of drug-likeness (QED) is 0.830. The highest BCUT2D eigenvalue weighted by atomic mass is 19.1. The summed E-state index contributed by atoms with van der Waals surface area (Å²) in [5, 5.41) is 3.07. The van der Waals surface area contributed by atoms with E-state index in [9.17, 15) is 9.18 Å². The Balaban J connectivity index is 1.43. The summed E-state index contributed by atoms with van der Waals surface area (Å²) in [6.07, 6.45) is 5.19. The van der Waals surface area contributed by atoms with E-state index in [1.807, 2.05) is 6.07 Å². The maximum Gasteiger partial charge on any atom is 0.224 e. The molecule has 0 aliphatic carbocycles. The normalized spacial score (nSPS) is 22.9. The van der Waals surface area contributed by atoms with E-state index < -0.39 is 0 Å². The highest BCUT2D eigenvalue weighted by Gasteiger charge is 2.31. The molecule has 1 aromatic rings. The van der Waals surface area contributed by atoms with E-state index in [1.54, 1.807) is 6.07 Å². The molecule has 27 heavy (non-hydrogen) atoms. The zero-order valence-corrected chi connectivity index (χ0v) is 16.8. The number of piperidine rings is 2. The van der Waals surface area contributed by atoms with Crippen LogP contribution < -0.4 is 5.32 Å². The van der Waals surface area contributed by atoms with E-state index in [0.29, 0.717) is 25.0 Å². The van der Waals surface area contributed by atoms with Crippen LogP contribution in [0.5, 0.6) is 0 Å².